The number of carbonyl (C=O) groups excluding carboxylic acids is 1. The maximum absolute atomic E-state index is 13.8. The SMILES string of the molecule is C[C@H]1CN(c2ccc(Nc3ncc(C(F)(F)F)c(Nc4cccc5c4C(=O)NC5)n3)c(OC(F)F)c2)CCN1. The standard InChI is InChI=1S/C25H24F5N7O2/c1-13-12-37(8-7-31-13)15-5-6-17(19(9-15)39-23(26)27)35-24-33-11-16(25(28,29)30)21(36-24)34-18-4-2-3-14-10-32-22(38)20(14)18/h2-6,9,11,13,23,31H,7-8,10,12H2,1H3,(H,32,38)(H2,33,34,35,36)/t13-/m0/s1. The van der Waals surface area contributed by atoms with Gasteiger partial charge in [-0.1, -0.05) is 12.1 Å². The van der Waals surface area contributed by atoms with Gasteiger partial charge in [-0.05, 0) is 30.7 Å². The minimum atomic E-state index is -4.81. The molecule has 1 atom stereocenters. The molecule has 0 unspecified atom stereocenters. The molecular weight excluding hydrogens is 525 g/mol. The summed E-state index contributed by atoms with van der Waals surface area (Å²) in [6.45, 7) is 1.14. The van der Waals surface area contributed by atoms with E-state index in [1.807, 2.05) is 11.8 Å². The molecule has 0 aliphatic carbocycles. The number of carbonyl (C=O) groups is 1. The Kier molecular flexibility index (Phi) is 7.12. The molecule has 2 aromatic carbocycles. The van der Waals surface area contributed by atoms with Crippen molar-refractivity contribution in [2.45, 2.75) is 32.3 Å². The van der Waals surface area contributed by atoms with Gasteiger partial charge in [0.15, 0.2) is 5.75 Å². The van der Waals surface area contributed by atoms with E-state index >= 15 is 0 Å². The topological polar surface area (TPSA) is 103 Å². The third-order valence-electron chi connectivity index (χ3n) is 6.33. The fraction of sp³-hybridized carbons (Fsp3) is 0.320. The van der Waals surface area contributed by atoms with Gasteiger partial charge in [-0.15, -0.1) is 0 Å². The molecule has 14 heteroatoms. The van der Waals surface area contributed by atoms with E-state index in [-0.39, 0.29) is 41.2 Å². The average Bonchev–Trinajstić information content (AvgIpc) is 3.26. The normalized spacial score (nSPS) is 17.2. The fourth-order valence-electron chi connectivity index (χ4n) is 4.55. The monoisotopic (exact) mass is 549 g/mol. The lowest BCUT2D eigenvalue weighted by atomic mass is 10.1. The smallest absolute Gasteiger partial charge is 0.421 e. The largest absolute Gasteiger partial charge is 0.433 e. The van der Waals surface area contributed by atoms with Gasteiger partial charge in [-0.3, -0.25) is 4.79 Å². The van der Waals surface area contributed by atoms with Crippen LogP contribution in [0.25, 0.3) is 0 Å². The summed E-state index contributed by atoms with van der Waals surface area (Å²) in [6.07, 6.45) is -4.24. The van der Waals surface area contributed by atoms with Crippen LogP contribution in [0, 0.1) is 0 Å². The van der Waals surface area contributed by atoms with Crippen molar-refractivity contribution in [3.63, 3.8) is 0 Å². The number of anilines is 5. The molecule has 0 radical (unpaired) electrons. The van der Waals surface area contributed by atoms with E-state index in [1.165, 1.54) is 18.2 Å². The molecule has 3 aromatic rings. The van der Waals surface area contributed by atoms with Crippen molar-refractivity contribution >= 4 is 34.7 Å². The highest BCUT2D eigenvalue weighted by Crippen LogP contribution is 2.38. The second kappa shape index (κ2) is 10.5. The van der Waals surface area contributed by atoms with Gasteiger partial charge >= 0.3 is 12.8 Å². The molecule has 1 fully saturated rings. The van der Waals surface area contributed by atoms with Crippen LogP contribution < -0.4 is 30.9 Å². The first-order chi connectivity index (χ1) is 18.6. The lowest BCUT2D eigenvalue weighted by Crippen LogP contribution is -2.49. The Balaban J connectivity index is 1.48. The molecule has 2 aliphatic rings. The van der Waals surface area contributed by atoms with Gasteiger partial charge in [0.05, 0.1) is 16.9 Å². The van der Waals surface area contributed by atoms with Crippen molar-refractivity contribution in [1.29, 1.82) is 0 Å². The molecule has 206 valence electrons. The van der Waals surface area contributed by atoms with E-state index in [9.17, 15) is 26.7 Å². The number of ether oxygens (including phenoxy) is 1. The lowest BCUT2D eigenvalue weighted by molar-refractivity contribution is -0.137. The van der Waals surface area contributed by atoms with Crippen molar-refractivity contribution < 1.29 is 31.5 Å². The Morgan fingerprint density at radius 2 is 1.97 bits per heavy atom. The summed E-state index contributed by atoms with van der Waals surface area (Å²) in [5.41, 5.74) is 0.484. The summed E-state index contributed by atoms with van der Waals surface area (Å²) >= 11 is 0. The van der Waals surface area contributed by atoms with E-state index in [4.69, 9.17) is 4.74 Å². The van der Waals surface area contributed by atoms with E-state index in [0.29, 0.717) is 37.1 Å². The van der Waals surface area contributed by atoms with Gasteiger partial charge in [-0.2, -0.15) is 26.9 Å². The number of halogens is 5. The van der Waals surface area contributed by atoms with Crippen LogP contribution in [0.4, 0.5) is 50.8 Å². The van der Waals surface area contributed by atoms with Crippen molar-refractivity contribution in [3.8, 4) is 5.75 Å². The fourth-order valence-corrected chi connectivity index (χ4v) is 4.55. The zero-order valence-electron chi connectivity index (χ0n) is 20.6. The Morgan fingerprint density at radius 3 is 2.72 bits per heavy atom. The molecule has 0 bridgehead atoms. The second-order valence-electron chi connectivity index (χ2n) is 9.09. The molecule has 3 heterocycles. The lowest BCUT2D eigenvalue weighted by Gasteiger charge is -2.34. The molecule has 4 N–H and O–H groups in total. The van der Waals surface area contributed by atoms with E-state index < -0.39 is 30.1 Å². The van der Waals surface area contributed by atoms with Gasteiger partial charge in [-0.25, -0.2) is 4.98 Å². The summed E-state index contributed by atoms with van der Waals surface area (Å²) < 4.78 is 72.5. The number of hydrogen-bond acceptors (Lipinski definition) is 8. The maximum atomic E-state index is 13.8. The Morgan fingerprint density at radius 1 is 1.15 bits per heavy atom. The van der Waals surface area contributed by atoms with Crippen LogP contribution >= 0.6 is 0 Å². The third-order valence-corrected chi connectivity index (χ3v) is 6.33. The summed E-state index contributed by atoms with van der Waals surface area (Å²) in [7, 11) is 0. The highest BCUT2D eigenvalue weighted by Gasteiger charge is 2.36. The number of alkyl halides is 5. The molecule has 39 heavy (non-hydrogen) atoms. The molecule has 1 amide bonds. The van der Waals surface area contributed by atoms with Crippen LogP contribution in [0.1, 0.15) is 28.4 Å². The summed E-state index contributed by atoms with van der Waals surface area (Å²) in [5, 5.41) is 11.2. The molecule has 9 nitrogen and oxygen atoms in total. The number of hydrogen-bond donors (Lipinski definition) is 4. The van der Waals surface area contributed by atoms with Gasteiger partial charge in [0.1, 0.15) is 11.4 Å². The van der Waals surface area contributed by atoms with Crippen molar-refractivity contribution in [3.05, 3.63) is 59.3 Å². The number of fused-ring (bicyclic) bond motifs is 1. The third kappa shape index (κ3) is 5.79. The predicted molar refractivity (Wildman–Crippen MR) is 134 cm³/mol. The summed E-state index contributed by atoms with van der Waals surface area (Å²) in [5.74, 6) is -1.56. The average molecular weight is 550 g/mol. The maximum Gasteiger partial charge on any atom is 0.421 e. The number of amides is 1. The molecular formula is C25H24F5N7O2. The van der Waals surface area contributed by atoms with E-state index in [0.717, 1.165) is 0 Å². The number of nitrogens with one attached hydrogen (secondary N) is 4. The van der Waals surface area contributed by atoms with Crippen LogP contribution in [-0.4, -0.2) is 48.2 Å². The van der Waals surface area contributed by atoms with Crippen LogP contribution in [0.3, 0.4) is 0 Å². The van der Waals surface area contributed by atoms with E-state index in [2.05, 4.69) is 31.2 Å². The first kappa shape index (κ1) is 26.4. The molecule has 0 spiro atoms. The first-order valence-corrected chi connectivity index (χ1v) is 12.0. The van der Waals surface area contributed by atoms with Gasteiger partial charge in [0.25, 0.3) is 5.91 Å². The highest BCUT2D eigenvalue weighted by molar-refractivity contribution is 6.04. The Bertz CT molecular complexity index is 1390. The number of rotatable bonds is 7. The highest BCUT2D eigenvalue weighted by atomic mass is 19.4. The molecule has 1 saturated heterocycles. The van der Waals surface area contributed by atoms with Crippen molar-refractivity contribution in [1.82, 2.24) is 20.6 Å². The molecule has 1 aromatic heterocycles. The number of benzene rings is 2. The zero-order valence-corrected chi connectivity index (χ0v) is 20.6. The van der Waals surface area contributed by atoms with Crippen LogP contribution in [0.2, 0.25) is 0 Å². The predicted octanol–water partition coefficient (Wildman–Crippen LogP) is 4.63. The summed E-state index contributed by atoms with van der Waals surface area (Å²) in [4.78, 5) is 22.0. The second-order valence-corrected chi connectivity index (χ2v) is 9.09. The summed E-state index contributed by atoms with van der Waals surface area (Å²) in [6, 6.07) is 9.54. The van der Waals surface area contributed by atoms with Crippen molar-refractivity contribution in [2.75, 3.05) is 35.2 Å². The molecule has 5 rings (SSSR count). The Labute approximate surface area is 219 Å². The minimum Gasteiger partial charge on any atom is -0.433 e. The minimum absolute atomic E-state index is 0.0351. The number of aromatic nitrogens is 2. The zero-order chi connectivity index (χ0) is 27.7. The molecule has 2 aliphatic heterocycles. The number of piperazine rings is 1. The van der Waals surface area contributed by atoms with Gasteiger partial charge in [0, 0.05) is 50.2 Å². The first-order valence-electron chi connectivity index (χ1n) is 12.0. The van der Waals surface area contributed by atoms with E-state index in [1.54, 1.807) is 18.2 Å². The Hall–Kier alpha value is -4.20. The van der Waals surface area contributed by atoms with Crippen LogP contribution in [0.15, 0.2) is 42.6 Å². The van der Waals surface area contributed by atoms with Crippen molar-refractivity contribution in [2.24, 2.45) is 0 Å². The van der Waals surface area contributed by atoms with Gasteiger partial charge in [0.2, 0.25) is 5.95 Å². The van der Waals surface area contributed by atoms with Crippen LogP contribution in [0.5, 0.6) is 5.75 Å². The van der Waals surface area contributed by atoms with Gasteiger partial charge < -0.3 is 30.9 Å². The number of nitrogens with zero attached hydrogens (tertiary/aromatic N) is 3. The molecule has 0 saturated carbocycles. The quantitative estimate of drug-likeness (QED) is 0.317. The van der Waals surface area contributed by atoms with Crippen LogP contribution in [-0.2, 0) is 12.7 Å².